The van der Waals surface area contributed by atoms with Crippen LogP contribution >= 0.6 is 0 Å². The summed E-state index contributed by atoms with van der Waals surface area (Å²) in [6.45, 7) is 10.7. The fraction of sp³-hybridized carbons (Fsp3) is 0.465. The number of piperidine rings is 2. The van der Waals surface area contributed by atoms with Gasteiger partial charge < -0.3 is 29.9 Å². The molecule has 8 aliphatic rings. The minimum atomic E-state index is -0.228. The van der Waals surface area contributed by atoms with Crippen LogP contribution in [0.5, 0.6) is 17.2 Å². The predicted molar refractivity (Wildman–Crippen MR) is 192 cm³/mol. The van der Waals surface area contributed by atoms with Crippen molar-refractivity contribution in [2.45, 2.75) is 101 Å². The Labute approximate surface area is 343 Å². The van der Waals surface area contributed by atoms with Gasteiger partial charge in [-0.2, -0.15) is 0 Å². The third kappa shape index (κ3) is 4.86. The number of nitrogens with one attached hydrogen (secondary N) is 1. The smallest absolute Gasteiger partial charge is 0.870 e. The number of carbonyl (C=O) groups excluding carboxylic acids is 1. The Kier molecular flexibility index (Phi) is 8.97. The number of aryl methyl sites for hydroxylation is 2. The third-order valence-corrected chi connectivity index (χ3v) is 13.9. The van der Waals surface area contributed by atoms with Crippen molar-refractivity contribution in [1.82, 2.24) is 10.2 Å². The van der Waals surface area contributed by atoms with Crippen LogP contribution in [-0.2, 0) is 23.7 Å². The predicted octanol–water partition coefficient (Wildman–Crippen LogP) is 4.49. The van der Waals surface area contributed by atoms with Crippen molar-refractivity contribution >= 4 is 6.09 Å². The van der Waals surface area contributed by atoms with E-state index in [1.807, 2.05) is 35.2 Å². The fourth-order valence-electron chi connectivity index (χ4n) is 11.9. The van der Waals surface area contributed by atoms with Gasteiger partial charge in [-0.05, 0) is 130 Å². The van der Waals surface area contributed by atoms with Crippen LogP contribution in [0.4, 0.5) is 4.79 Å². The fourth-order valence-corrected chi connectivity index (χ4v) is 11.9. The van der Waals surface area contributed by atoms with E-state index in [4.69, 9.17) is 14.2 Å². The molecule has 2 N–H and O–H groups in total. The molecule has 4 aliphatic heterocycles. The number of amides is 1. The Hall–Kier alpha value is -2.43. The second-order valence-corrected chi connectivity index (χ2v) is 16.1. The number of rotatable bonds is 1. The second kappa shape index (κ2) is 12.9. The first kappa shape index (κ1) is 35.6. The summed E-state index contributed by atoms with van der Waals surface area (Å²) in [6, 6.07) is 19.2. The van der Waals surface area contributed by atoms with E-state index in [2.05, 4.69) is 69.4 Å². The van der Waals surface area contributed by atoms with Gasteiger partial charge in [0.2, 0.25) is 0 Å². The van der Waals surface area contributed by atoms with Gasteiger partial charge in [-0.25, -0.2) is 4.79 Å². The van der Waals surface area contributed by atoms with Crippen LogP contribution in [0.1, 0.15) is 72.9 Å². The number of hydrogen-bond donors (Lipinski definition) is 1. The molecule has 8 atom stereocenters. The molecule has 0 radical (unpaired) electrons. The van der Waals surface area contributed by atoms with Gasteiger partial charge in [0, 0.05) is 40.6 Å². The van der Waals surface area contributed by atoms with Crippen molar-refractivity contribution in [3.05, 3.63) is 111 Å². The molecule has 3 aromatic carbocycles. The zero-order valence-corrected chi connectivity index (χ0v) is 33.6. The van der Waals surface area contributed by atoms with E-state index in [0.29, 0.717) is 30.4 Å². The van der Waals surface area contributed by atoms with Gasteiger partial charge in [0.15, 0.2) is 0 Å². The van der Waals surface area contributed by atoms with Crippen molar-refractivity contribution in [2.75, 3.05) is 13.1 Å². The molecule has 2 spiro atoms. The quantitative estimate of drug-likeness (QED) is 0.296. The van der Waals surface area contributed by atoms with E-state index in [-0.39, 0.29) is 85.9 Å². The second-order valence-electron chi connectivity index (χ2n) is 16.1. The SMILES string of the molecule is CC1=CCC2C3Cc4ccc(C)c5c4C2(CCN3)C1O5.CC1=CCC2C3Cc4ccc(C)c5c4C2(CCN3C(=O)Oc2ccccc2)C1O5.[K+].[OH-]. The molecule has 2 fully saturated rings. The van der Waals surface area contributed by atoms with Crippen LogP contribution in [0.2, 0.25) is 0 Å². The molecule has 260 valence electrons. The van der Waals surface area contributed by atoms with Gasteiger partial charge in [-0.15, -0.1) is 0 Å². The maximum Gasteiger partial charge on any atom is 1.00 e. The van der Waals surface area contributed by atoms with Crippen molar-refractivity contribution < 1.29 is 75.9 Å². The molecule has 7 nitrogen and oxygen atoms in total. The van der Waals surface area contributed by atoms with Crippen LogP contribution in [0.15, 0.2) is 77.9 Å². The summed E-state index contributed by atoms with van der Waals surface area (Å²) in [6.07, 6.45) is 11.4. The van der Waals surface area contributed by atoms with E-state index in [0.717, 1.165) is 37.5 Å². The Morgan fingerprint density at radius 3 is 2.02 bits per heavy atom. The van der Waals surface area contributed by atoms with Gasteiger partial charge in [-0.3, -0.25) is 0 Å². The summed E-state index contributed by atoms with van der Waals surface area (Å²) in [4.78, 5) is 15.1. The molecule has 0 saturated carbocycles. The van der Waals surface area contributed by atoms with Crippen LogP contribution in [0.3, 0.4) is 0 Å². The van der Waals surface area contributed by atoms with E-state index in [1.54, 1.807) is 5.56 Å². The molecule has 0 aromatic heterocycles. The van der Waals surface area contributed by atoms with E-state index < -0.39 is 0 Å². The van der Waals surface area contributed by atoms with E-state index in [1.165, 1.54) is 64.0 Å². The number of allylic oxidation sites excluding steroid dienone is 2. The number of benzene rings is 3. The zero-order chi connectivity index (χ0) is 33.2. The van der Waals surface area contributed by atoms with Crippen molar-refractivity contribution in [1.29, 1.82) is 0 Å². The van der Waals surface area contributed by atoms with E-state index in [9.17, 15) is 4.79 Å². The number of carbonyl (C=O) groups is 1. The maximum absolute atomic E-state index is 13.1. The van der Waals surface area contributed by atoms with Crippen molar-refractivity contribution in [3.8, 4) is 17.2 Å². The zero-order valence-electron chi connectivity index (χ0n) is 30.5. The minimum absolute atomic E-state index is 0. The molecule has 8 unspecified atom stereocenters. The van der Waals surface area contributed by atoms with Crippen LogP contribution in [0, 0.1) is 25.7 Å². The molecule has 11 rings (SSSR count). The molecule has 4 heterocycles. The third-order valence-electron chi connectivity index (χ3n) is 13.9. The summed E-state index contributed by atoms with van der Waals surface area (Å²) in [7, 11) is 0. The summed E-state index contributed by atoms with van der Waals surface area (Å²) in [5, 5.41) is 3.77. The number of para-hydroxylation sites is 1. The summed E-state index contributed by atoms with van der Waals surface area (Å²) >= 11 is 0. The normalized spacial score (nSPS) is 33.2. The minimum Gasteiger partial charge on any atom is -0.870 e. The number of ether oxygens (including phenoxy) is 3. The average Bonchev–Trinajstić information content (AvgIpc) is 3.64. The standard InChI is InChI=1S/C25H25NO3.C18H21NO.K.H2O/c1-15-8-10-17-14-20-19-11-9-16(2)23-25(19,21(17)22(15)29-23)12-13-26(20)24(27)28-18-6-4-3-5-7-18;1-10-3-5-12-9-14-13-6-4-11(2)17-18(13,7-8-19-14)15(12)16(10)20-17;;/h3-10,19-20,23H,11-14H2,1-2H3;3-5,13-14,17,19H,6-9H2,1-2H3;;1H2/q;;+1;/p-1. The van der Waals surface area contributed by atoms with Gasteiger partial charge in [0.1, 0.15) is 29.5 Å². The van der Waals surface area contributed by atoms with Crippen LogP contribution < -0.4 is 70.9 Å². The number of nitrogens with zero attached hydrogens (tertiary/aromatic N) is 1. The van der Waals surface area contributed by atoms with Gasteiger partial charge in [-0.1, -0.05) is 54.6 Å². The molecule has 8 heteroatoms. The number of likely N-dealkylation sites (tertiary alicyclic amines) is 1. The van der Waals surface area contributed by atoms with Crippen LogP contribution in [-0.4, -0.2) is 53.9 Å². The molecule has 4 aliphatic carbocycles. The first-order valence-electron chi connectivity index (χ1n) is 18.5. The largest absolute Gasteiger partial charge is 1.00 e. The van der Waals surface area contributed by atoms with Gasteiger partial charge in [0.05, 0.1) is 0 Å². The molecule has 4 bridgehead atoms. The van der Waals surface area contributed by atoms with Crippen molar-refractivity contribution in [2.24, 2.45) is 11.8 Å². The molecular formula is C43H47KN2O5. The number of hydrogen-bond acceptors (Lipinski definition) is 6. The molecule has 3 aromatic rings. The Morgan fingerprint density at radius 2 is 1.37 bits per heavy atom. The summed E-state index contributed by atoms with van der Waals surface area (Å²) in [5.74, 6) is 4.02. The van der Waals surface area contributed by atoms with Gasteiger partial charge in [0.25, 0.3) is 0 Å². The molecule has 1 amide bonds. The maximum atomic E-state index is 13.1. The van der Waals surface area contributed by atoms with Crippen molar-refractivity contribution in [3.63, 3.8) is 0 Å². The summed E-state index contributed by atoms with van der Waals surface area (Å²) < 4.78 is 18.9. The Balaban J connectivity index is 0.000000149. The first-order valence-corrected chi connectivity index (χ1v) is 18.5. The monoisotopic (exact) mass is 710 g/mol. The topological polar surface area (TPSA) is 90.0 Å². The average molecular weight is 711 g/mol. The molecule has 51 heavy (non-hydrogen) atoms. The van der Waals surface area contributed by atoms with E-state index >= 15 is 0 Å². The molecular weight excluding hydrogens is 664 g/mol. The Morgan fingerprint density at radius 1 is 0.784 bits per heavy atom. The van der Waals surface area contributed by atoms with Gasteiger partial charge >= 0.3 is 57.5 Å². The van der Waals surface area contributed by atoms with Crippen LogP contribution in [0.25, 0.3) is 0 Å². The Bertz CT molecular complexity index is 1980. The first-order chi connectivity index (χ1) is 23.8. The molecule has 2 saturated heterocycles. The summed E-state index contributed by atoms with van der Waals surface area (Å²) in [5.41, 5.74) is 11.5.